The molecule has 0 aliphatic carbocycles. The van der Waals surface area contributed by atoms with Crippen LogP contribution < -0.4 is 5.73 Å². The fourth-order valence-corrected chi connectivity index (χ4v) is 1.84. The Balaban J connectivity index is 2.63. The van der Waals surface area contributed by atoms with E-state index in [-0.39, 0.29) is 0 Å². The summed E-state index contributed by atoms with van der Waals surface area (Å²) in [7, 11) is 1.96. The summed E-state index contributed by atoms with van der Waals surface area (Å²) >= 11 is 5.85. The van der Waals surface area contributed by atoms with Crippen molar-refractivity contribution in [1.82, 2.24) is 4.90 Å². The van der Waals surface area contributed by atoms with Crippen LogP contribution in [0.2, 0.25) is 5.02 Å². The monoisotopic (exact) mass is 242 g/mol. The van der Waals surface area contributed by atoms with Crippen LogP contribution >= 0.6 is 11.6 Å². The van der Waals surface area contributed by atoms with Crippen molar-refractivity contribution in [2.24, 2.45) is 0 Å². The Morgan fingerprint density at radius 2 is 2.06 bits per heavy atom. The van der Waals surface area contributed by atoms with E-state index in [1.807, 2.05) is 24.1 Å². The molecule has 3 N–H and O–H groups in total. The van der Waals surface area contributed by atoms with Gasteiger partial charge in [-0.2, -0.15) is 0 Å². The average Bonchev–Trinajstić information content (AvgIpc) is 2.08. The van der Waals surface area contributed by atoms with Crippen LogP contribution in [-0.2, 0) is 6.54 Å². The molecule has 0 amide bonds. The van der Waals surface area contributed by atoms with Gasteiger partial charge in [-0.15, -0.1) is 0 Å². The van der Waals surface area contributed by atoms with Gasteiger partial charge in [0, 0.05) is 13.1 Å². The van der Waals surface area contributed by atoms with Gasteiger partial charge in [0.05, 0.1) is 16.3 Å². The first-order valence-electron chi connectivity index (χ1n) is 5.23. The van der Waals surface area contributed by atoms with Crippen LogP contribution in [0.25, 0.3) is 0 Å². The van der Waals surface area contributed by atoms with Crippen molar-refractivity contribution in [2.75, 3.05) is 19.3 Å². The van der Waals surface area contributed by atoms with Gasteiger partial charge in [0.1, 0.15) is 0 Å². The molecule has 1 aromatic rings. The van der Waals surface area contributed by atoms with E-state index in [4.69, 9.17) is 17.3 Å². The highest BCUT2D eigenvalue weighted by Gasteiger charge is 2.15. The molecule has 90 valence electrons. The largest absolute Gasteiger partial charge is 0.398 e. The number of aliphatic hydroxyl groups is 1. The molecule has 4 heteroatoms. The molecule has 0 heterocycles. The van der Waals surface area contributed by atoms with Crippen LogP contribution in [0.1, 0.15) is 19.4 Å². The maximum absolute atomic E-state index is 9.68. The number of benzene rings is 1. The molecule has 0 aromatic heterocycles. The molecule has 0 spiro atoms. The Kier molecular flexibility index (Phi) is 4.19. The number of hydrogen-bond acceptors (Lipinski definition) is 3. The lowest BCUT2D eigenvalue weighted by Gasteiger charge is -2.25. The molecule has 1 rings (SSSR count). The van der Waals surface area contributed by atoms with Crippen LogP contribution in [0.15, 0.2) is 18.2 Å². The highest BCUT2D eigenvalue weighted by Crippen LogP contribution is 2.20. The SMILES string of the molecule is CN(Cc1ccc(Cl)c(N)c1)CC(C)(C)O. The summed E-state index contributed by atoms with van der Waals surface area (Å²) in [4.78, 5) is 2.04. The molecule has 3 nitrogen and oxygen atoms in total. The standard InChI is InChI=1S/C12H19ClN2O/c1-12(2,16)8-15(3)7-9-4-5-10(13)11(14)6-9/h4-6,16H,7-8,14H2,1-3H3. The highest BCUT2D eigenvalue weighted by atomic mass is 35.5. The first kappa shape index (κ1) is 13.3. The highest BCUT2D eigenvalue weighted by molar-refractivity contribution is 6.33. The number of nitrogens with two attached hydrogens (primary N) is 1. The van der Waals surface area contributed by atoms with E-state index in [1.54, 1.807) is 19.9 Å². The lowest BCUT2D eigenvalue weighted by molar-refractivity contribution is 0.0425. The van der Waals surface area contributed by atoms with E-state index in [9.17, 15) is 5.11 Å². The fourth-order valence-electron chi connectivity index (χ4n) is 1.72. The predicted octanol–water partition coefficient (Wildman–Crippen LogP) is 2.12. The minimum atomic E-state index is -0.688. The second-order valence-corrected chi connectivity index (χ2v) is 5.25. The molecule has 16 heavy (non-hydrogen) atoms. The molecule has 0 aliphatic rings. The van der Waals surface area contributed by atoms with Crippen LogP contribution in [0.3, 0.4) is 0 Å². The molecule has 0 radical (unpaired) electrons. The van der Waals surface area contributed by atoms with Crippen molar-refractivity contribution < 1.29 is 5.11 Å². The van der Waals surface area contributed by atoms with Crippen molar-refractivity contribution in [2.45, 2.75) is 26.0 Å². The maximum Gasteiger partial charge on any atom is 0.0718 e. The van der Waals surface area contributed by atoms with E-state index in [0.717, 1.165) is 12.1 Å². The van der Waals surface area contributed by atoms with Crippen molar-refractivity contribution in [3.8, 4) is 0 Å². The molecular weight excluding hydrogens is 224 g/mol. The fraction of sp³-hybridized carbons (Fsp3) is 0.500. The Morgan fingerprint density at radius 3 is 2.56 bits per heavy atom. The van der Waals surface area contributed by atoms with Crippen molar-refractivity contribution in [3.63, 3.8) is 0 Å². The number of likely N-dealkylation sites (N-methyl/N-ethyl adjacent to an activating group) is 1. The molecule has 0 fully saturated rings. The smallest absolute Gasteiger partial charge is 0.0718 e. The number of nitrogen functional groups attached to an aromatic ring is 1. The Labute approximate surface area is 102 Å². The van der Waals surface area contributed by atoms with Crippen LogP contribution in [-0.4, -0.2) is 29.2 Å². The van der Waals surface area contributed by atoms with Gasteiger partial charge >= 0.3 is 0 Å². The summed E-state index contributed by atoms with van der Waals surface area (Å²) in [6, 6.07) is 5.60. The molecule has 0 bridgehead atoms. The van der Waals surface area contributed by atoms with Crippen LogP contribution in [0, 0.1) is 0 Å². The topological polar surface area (TPSA) is 49.5 Å². The Bertz CT molecular complexity index is 361. The zero-order chi connectivity index (χ0) is 12.3. The molecule has 1 aromatic carbocycles. The van der Waals surface area contributed by atoms with Crippen molar-refractivity contribution >= 4 is 17.3 Å². The summed E-state index contributed by atoms with van der Waals surface area (Å²) in [6.45, 7) is 4.93. The molecule has 0 atom stereocenters. The third kappa shape index (κ3) is 4.39. The van der Waals surface area contributed by atoms with Gasteiger partial charge in [-0.1, -0.05) is 17.7 Å². The van der Waals surface area contributed by atoms with Gasteiger partial charge in [0.15, 0.2) is 0 Å². The Hall–Kier alpha value is -0.770. The van der Waals surface area contributed by atoms with E-state index in [2.05, 4.69) is 0 Å². The van der Waals surface area contributed by atoms with Crippen molar-refractivity contribution in [3.05, 3.63) is 28.8 Å². The summed E-state index contributed by atoms with van der Waals surface area (Å²) in [5.74, 6) is 0. The zero-order valence-corrected chi connectivity index (χ0v) is 10.8. The number of hydrogen-bond donors (Lipinski definition) is 2. The summed E-state index contributed by atoms with van der Waals surface area (Å²) in [5, 5.41) is 10.3. The van der Waals surface area contributed by atoms with E-state index in [1.165, 1.54) is 0 Å². The zero-order valence-electron chi connectivity index (χ0n) is 10.00. The van der Waals surface area contributed by atoms with E-state index in [0.29, 0.717) is 17.3 Å². The average molecular weight is 243 g/mol. The maximum atomic E-state index is 9.68. The predicted molar refractivity (Wildman–Crippen MR) is 68.5 cm³/mol. The second kappa shape index (κ2) is 5.04. The van der Waals surface area contributed by atoms with E-state index < -0.39 is 5.60 Å². The molecule has 0 saturated heterocycles. The first-order valence-corrected chi connectivity index (χ1v) is 5.60. The number of nitrogens with zero attached hydrogens (tertiary/aromatic N) is 1. The molecule has 0 aliphatic heterocycles. The second-order valence-electron chi connectivity index (χ2n) is 4.84. The van der Waals surface area contributed by atoms with Crippen LogP contribution in [0.4, 0.5) is 5.69 Å². The summed E-state index contributed by atoms with van der Waals surface area (Å²) < 4.78 is 0. The van der Waals surface area contributed by atoms with Crippen LogP contribution in [0.5, 0.6) is 0 Å². The third-order valence-corrected chi connectivity index (χ3v) is 2.51. The first-order chi connectivity index (χ1) is 7.28. The van der Waals surface area contributed by atoms with Gasteiger partial charge in [-0.25, -0.2) is 0 Å². The number of anilines is 1. The minimum Gasteiger partial charge on any atom is -0.398 e. The van der Waals surface area contributed by atoms with Gasteiger partial charge in [0.2, 0.25) is 0 Å². The quantitative estimate of drug-likeness (QED) is 0.796. The molecule has 0 unspecified atom stereocenters. The minimum absolute atomic E-state index is 0.578. The van der Waals surface area contributed by atoms with E-state index >= 15 is 0 Å². The summed E-state index contributed by atoms with van der Waals surface area (Å²) in [6.07, 6.45) is 0. The van der Waals surface area contributed by atoms with Crippen molar-refractivity contribution in [1.29, 1.82) is 0 Å². The molecular formula is C12H19ClN2O. The molecule has 0 saturated carbocycles. The van der Waals surface area contributed by atoms with Gasteiger partial charge in [0.25, 0.3) is 0 Å². The van der Waals surface area contributed by atoms with Gasteiger partial charge < -0.3 is 10.8 Å². The van der Waals surface area contributed by atoms with Gasteiger partial charge in [-0.05, 0) is 38.6 Å². The third-order valence-electron chi connectivity index (χ3n) is 2.17. The normalized spacial score (nSPS) is 12.1. The lowest BCUT2D eigenvalue weighted by atomic mass is 10.1. The summed E-state index contributed by atoms with van der Waals surface area (Å²) in [5.41, 5.74) is 6.72. The Morgan fingerprint density at radius 1 is 1.44 bits per heavy atom. The number of halogens is 1. The lowest BCUT2D eigenvalue weighted by Crippen LogP contribution is -2.35. The number of rotatable bonds is 4. The van der Waals surface area contributed by atoms with Gasteiger partial charge in [-0.3, -0.25) is 4.90 Å².